The van der Waals surface area contributed by atoms with E-state index in [1.807, 2.05) is 12.1 Å². The van der Waals surface area contributed by atoms with E-state index in [4.69, 9.17) is 11.1 Å². The fraction of sp³-hybridized carbons (Fsp3) is 0.533. The fourth-order valence-electron chi connectivity index (χ4n) is 2.54. The van der Waals surface area contributed by atoms with Gasteiger partial charge >= 0.3 is 0 Å². The Morgan fingerprint density at radius 3 is 2.50 bits per heavy atom. The van der Waals surface area contributed by atoms with Crippen LogP contribution in [0.2, 0.25) is 0 Å². The average Bonchev–Trinajstić information content (AvgIpc) is 2.34. The highest BCUT2D eigenvalue weighted by Crippen LogP contribution is 2.23. The number of benzene rings is 1. The molecule has 3 nitrogen and oxygen atoms in total. The lowest BCUT2D eigenvalue weighted by molar-refractivity contribution is 0.132. The van der Waals surface area contributed by atoms with Crippen molar-refractivity contribution in [2.75, 3.05) is 13.1 Å². The van der Waals surface area contributed by atoms with Crippen LogP contribution in [0.4, 0.5) is 0 Å². The van der Waals surface area contributed by atoms with Crippen molar-refractivity contribution in [3.05, 3.63) is 35.4 Å². The summed E-state index contributed by atoms with van der Waals surface area (Å²) in [4.78, 5) is 2.52. The SMILES string of the molecule is CC1CCN(Cc2ccc(C(=N)N)cc2)CC1C. The Hall–Kier alpha value is -1.35. The van der Waals surface area contributed by atoms with E-state index in [0.717, 1.165) is 23.9 Å². The van der Waals surface area contributed by atoms with Gasteiger partial charge in [0.25, 0.3) is 0 Å². The Kier molecular flexibility index (Phi) is 4.02. The van der Waals surface area contributed by atoms with E-state index in [1.165, 1.54) is 25.1 Å². The van der Waals surface area contributed by atoms with Crippen molar-refractivity contribution in [3.8, 4) is 0 Å². The summed E-state index contributed by atoms with van der Waals surface area (Å²) < 4.78 is 0. The van der Waals surface area contributed by atoms with Gasteiger partial charge in [-0.15, -0.1) is 0 Å². The molecule has 0 bridgehead atoms. The van der Waals surface area contributed by atoms with Crippen molar-refractivity contribution in [2.24, 2.45) is 17.6 Å². The summed E-state index contributed by atoms with van der Waals surface area (Å²) in [6.45, 7) is 8.09. The Morgan fingerprint density at radius 1 is 1.28 bits per heavy atom. The number of nitrogens with zero attached hydrogens (tertiary/aromatic N) is 1. The van der Waals surface area contributed by atoms with E-state index >= 15 is 0 Å². The van der Waals surface area contributed by atoms with Crippen molar-refractivity contribution in [3.63, 3.8) is 0 Å². The largest absolute Gasteiger partial charge is 0.384 e. The lowest BCUT2D eigenvalue weighted by Crippen LogP contribution is -2.37. The molecule has 2 atom stereocenters. The molecule has 2 unspecified atom stereocenters. The molecule has 0 amide bonds. The molecule has 0 saturated carbocycles. The third-order valence-corrected chi connectivity index (χ3v) is 4.09. The van der Waals surface area contributed by atoms with Crippen LogP contribution in [0.25, 0.3) is 0 Å². The van der Waals surface area contributed by atoms with Crippen LogP contribution in [0, 0.1) is 17.2 Å². The van der Waals surface area contributed by atoms with Crippen molar-refractivity contribution in [2.45, 2.75) is 26.8 Å². The number of amidine groups is 1. The highest BCUT2D eigenvalue weighted by molar-refractivity contribution is 5.94. The molecule has 1 heterocycles. The Morgan fingerprint density at radius 2 is 1.94 bits per heavy atom. The molecular formula is C15H23N3. The first-order valence-electron chi connectivity index (χ1n) is 6.72. The standard InChI is InChI=1S/C15H23N3/c1-11-7-8-18(9-12(11)2)10-13-3-5-14(6-4-13)15(16)17/h3-6,11-12H,7-10H2,1-2H3,(H3,16,17). The summed E-state index contributed by atoms with van der Waals surface area (Å²) in [7, 11) is 0. The second-order valence-electron chi connectivity index (χ2n) is 5.59. The van der Waals surface area contributed by atoms with Gasteiger partial charge in [-0.25, -0.2) is 0 Å². The summed E-state index contributed by atoms with van der Waals surface area (Å²) >= 11 is 0. The number of piperidine rings is 1. The summed E-state index contributed by atoms with van der Waals surface area (Å²) in [5, 5.41) is 7.37. The van der Waals surface area contributed by atoms with Gasteiger partial charge < -0.3 is 5.73 Å². The number of nitrogens with one attached hydrogen (secondary N) is 1. The van der Waals surface area contributed by atoms with E-state index in [1.54, 1.807) is 0 Å². The van der Waals surface area contributed by atoms with Crippen LogP contribution in [-0.2, 0) is 6.54 Å². The van der Waals surface area contributed by atoms with Crippen LogP contribution in [0.5, 0.6) is 0 Å². The maximum absolute atomic E-state index is 7.37. The molecule has 3 N–H and O–H groups in total. The summed E-state index contributed by atoms with van der Waals surface area (Å²) in [6, 6.07) is 8.04. The molecule has 3 heteroatoms. The average molecular weight is 245 g/mol. The van der Waals surface area contributed by atoms with Gasteiger partial charge in [-0.05, 0) is 30.4 Å². The molecule has 0 aliphatic carbocycles. The molecule has 18 heavy (non-hydrogen) atoms. The number of hydrogen-bond donors (Lipinski definition) is 2. The quantitative estimate of drug-likeness (QED) is 0.635. The topological polar surface area (TPSA) is 53.1 Å². The van der Waals surface area contributed by atoms with Gasteiger partial charge in [-0.2, -0.15) is 0 Å². The second kappa shape index (κ2) is 5.53. The number of nitrogens with two attached hydrogens (primary N) is 1. The fourth-order valence-corrected chi connectivity index (χ4v) is 2.54. The lowest BCUT2D eigenvalue weighted by atomic mass is 9.88. The molecule has 1 fully saturated rings. The van der Waals surface area contributed by atoms with Crippen LogP contribution in [0.15, 0.2) is 24.3 Å². The van der Waals surface area contributed by atoms with Gasteiger partial charge in [0.1, 0.15) is 5.84 Å². The van der Waals surface area contributed by atoms with Crippen LogP contribution >= 0.6 is 0 Å². The van der Waals surface area contributed by atoms with Crippen LogP contribution in [0.3, 0.4) is 0 Å². The van der Waals surface area contributed by atoms with Crippen molar-refractivity contribution >= 4 is 5.84 Å². The molecule has 1 aliphatic heterocycles. The molecular weight excluding hydrogens is 222 g/mol. The first kappa shape index (κ1) is 13.1. The van der Waals surface area contributed by atoms with Gasteiger partial charge in [0, 0.05) is 18.7 Å². The van der Waals surface area contributed by atoms with E-state index < -0.39 is 0 Å². The normalized spacial score (nSPS) is 25.0. The lowest BCUT2D eigenvalue weighted by Gasteiger charge is -2.35. The first-order chi connectivity index (χ1) is 8.56. The number of rotatable bonds is 3. The molecule has 1 aliphatic rings. The second-order valence-corrected chi connectivity index (χ2v) is 5.59. The van der Waals surface area contributed by atoms with Crippen molar-refractivity contribution < 1.29 is 0 Å². The minimum absolute atomic E-state index is 0.141. The zero-order valence-electron chi connectivity index (χ0n) is 11.3. The van der Waals surface area contributed by atoms with E-state index in [9.17, 15) is 0 Å². The van der Waals surface area contributed by atoms with Gasteiger partial charge in [-0.1, -0.05) is 38.1 Å². The highest BCUT2D eigenvalue weighted by atomic mass is 15.1. The third kappa shape index (κ3) is 3.10. The molecule has 0 spiro atoms. The number of nitrogen functional groups attached to an aromatic ring is 1. The third-order valence-electron chi connectivity index (χ3n) is 4.09. The van der Waals surface area contributed by atoms with Crippen LogP contribution in [-0.4, -0.2) is 23.8 Å². The number of likely N-dealkylation sites (tertiary alicyclic amines) is 1. The van der Waals surface area contributed by atoms with E-state index in [-0.39, 0.29) is 5.84 Å². The smallest absolute Gasteiger partial charge is 0.122 e. The Bertz CT molecular complexity index is 410. The molecule has 0 aromatic heterocycles. The maximum atomic E-state index is 7.37. The molecule has 1 saturated heterocycles. The monoisotopic (exact) mass is 245 g/mol. The summed E-state index contributed by atoms with van der Waals surface area (Å²) in [5.74, 6) is 1.78. The van der Waals surface area contributed by atoms with E-state index in [2.05, 4.69) is 30.9 Å². The number of hydrogen-bond acceptors (Lipinski definition) is 2. The van der Waals surface area contributed by atoms with Gasteiger partial charge in [0.05, 0.1) is 0 Å². The minimum atomic E-state index is 0.141. The summed E-state index contributed by atoms with van der Waals surface area (Å²) in [6.07, 6.45) is 1.30. The van der Waals surface area contributed by atoms with Gasteiger partial charge in [0.2, 0.25) is 0 Å². The molecule has 98 valence electrons. The predicted molar refractivity (Wildman–Crippen MR) is 75.7 cm³/mol. The molecule has 2 rings (SSSR count). The van der Waals surface area contributed by atoms with Crippen LogP contribution in [0.1, 0.15) is 31.4 Å². The highest BCUT2D eigenvalue weighted by Gasteiger charge is 2.22. The zero-order chi connectivity index (χ0) is 13.1. The minimum Gasteiger partial charge on any atom is -0.384 e. The predicted octanol–water partition coefficient (Wildman–Crippen LogP) is 2.45. The van der Waals surface area contributed by atoms with Crippen molar-refractivity contribution in [1.82, 2.24) is 4.90 Å². The molecule has 1 aromatic rings. The van der Waals surface area contributed by atoms with Crippen molar-refractivity contribution in [1.29, 1.82) is 5.41 Å². The van der Waals surface area contributed by atoms with Crippen LogP contribution < -0.4 is 5.73 Å². The van der Waals surface area contributed by atoms with Gasteiger partial charge in [-0.3, -0.25) is 10.3 Å². The molecule has 0 radical (unpaired) electrons. The maximum Gasteiger partial charge on any atom is 0.122 e. The first-order valence-corrected chi connectivity index (χ1v) is 6.72. The Labute approximate surface area is 109 Å². The summed E-state index contributed by atoms with van der Waals surface area (Å²) in [5.41, 5.74) is 7.57. The molecule has 1 aromatic carbocycles. The van der Waals surface area contributed by atoms with Gasteiger partial charge in [0.15, 0.2) is 0 Å². The zero-order valence-corrected chi connectivity index (χ0v) is 11.3. The van der Waals surface area contributed by atoms with E-state index in [0.29, 0.717) is 0 Å². The Balaban J connectivity index is 1.95.